The maximum atomic E-state index is 5.62. The monoisotopic (exact) mass is 341 g/mol. The average molecular weight is 342 g/mol. The van der Waals surface area contributed by atoms with Crippen LogP contribution in [0.5, 0.6) is 11.5 Å². The lowest BCUT2D eigenvalue weighted by Crippen LogP contribution is -2.33. The first kappa shape index (κ1) is 15.6. The van der Waals surface area contributed by atoms with Crippen molar-refractivity contribution in [1.29, 1.82) is 0 Å². The number of hydrogen-bond acceptors (Lipinski definition) is 3. The number of ether oxygens (including phenoxy) is 2. The van der Waals surface area contributed by atoms with Crippen LogP contribution in [0.2, 0.25) is 0 Å². The third-order valence-corrected chi connectivity index (χ3v) is 4.87. The maximum Gasteiger partial charge on any atom is 0.140 e. The molecule has 1 aromatic carbocycles. The van der Waals surface area contributed by atoms with E-state index < -0.39 is 0 Å². The van der Waals surface area contributed by atoms with Crippen molar-refractivity contribution >= 4 is 15.9 Å². The summed E-state index contributed by atoms with van der Waals surface area (Å²) in [4.78, 5) is 0. The Bertz CT molecular complexity index is 448. The van der Waals surface area contributed by atoms with Crippen molar-refractivity contribution < 1.29 is 9.47 Å². The molecular weight excluding hydrogens is 318 g/mol. The topological polar surface area (TPSA) is 30.5 Å². The molecule has 0 bridgehead atoms. The molecule has 4 heteroatoms. The highest BCUT2D eigenvalue weighted by Crippen LogP contribution is 2.44. The predicted molar refractivity (Wildman–Crippen MR) is 85.9 cm³/mol. The van der Waals surface area contributed by atoms with E-state index in [0.29, 0.717) is 12.0 Å². The quantitative estimate of drug-likeness (QED) is 0.874. The highest BCUT2D eigenvalue weighted by Gasteiger charge is 2.26. The molecule has 2 atom stereocenters. The van der Waals surface area contributed by atoms with Gasteiger partial charge in [-0.25, -0.2) is 0 Å². The van der Waals surface area contributed by atoms with Gasteiger partial charge in [-0.1, -0.05) is 19.4 Å². The Hall–Kier alpha value is -0.740. The summed E-state index contributed by atoms with van der Waals surface area (Å²) in [5.41, 5.74) is 1.29. The van der Waals surface area contributed by atoms with Crippen LogP contribution in [-0.2, 0) is 0 Å². The molecule has 1 fully saturated rings. The Balaban J connectivity index is 2.25. The highest BCUT2D eigenvalue weighted by molar-refractivity contribution is 9.10. The molecule has 112 valence electrons. The molecule has 2 rings (SSSR count). The van der Waals surface area contributed by atoms with Crippen LogP contribution in [0.3, 0.4) is 0 Å². The molecule has 0 saturated heterocycles. The number of benzene rings is 1. The van der Waals surface area contributed by atoms with E-state index in [-0.39, 0.29) is 0 Å². The van der Waals surface area contributed by atoms with Gasteiger partial charge in [0.2, 0.25) is 0 Å². The summed E-state index contributed by atoms with van der Waals surface area (Å²) in [7, 11) is 3.41. The van der Waals surface area contributed by atoms with Gasteiger partial charge in [0.05, 0.1) is 14.2 Å². The van der Waals surface area contributed by atoms with Crippen LogP contribution in [0.4, 0.5) is 0 Å². The number of nitrogens with one attached hydrogen (secondary N) is 1. The summed E-state index contributed by atoms with van der Waals surface area (Å²) >= 11 is 3.60. The van der Waals surface area contributed by atoms with Gasteiger partial charge in [-0.15, -0.1) is 0 Å². The molecule has 3 nitrogen and oxygen atoms in total. The minimum absolute atomic E-state index is 0.560. The first-order valence-corrected chi connectivity index (χ1v) is 8.14. The minimum Gasteiger partial charge on any atom is -0.495 e. The van der Waals surface area contributed by atoms with Gasteiger partial charge in [-0.05, 0) is 59.3 Å². The Morgan fingerprint density at radius 1 is 1.25 bits per heavy atom. The first-order valence-electron chi connectivity index (χ1n) is 7.35. The minimum atomic E-state index is 0.560. The summed E-state index contributed by atoms with van der Waals surface area (Å²) in [6, 6.07) is 4.81. The van der Waals surface area contributed by atoms with E-state index in [1.165, 1.54) is 31.2 Å². The molecule has 0 aliphatic heterocycles. The van der Waals surface area contributed by atoms with Gasteiger partial charge >= 0.3 is 0 Å². The van der Waals surface area contributed by atoms with E-state index >= 15 is 0 Å². The van der Waals surface area contributed by atoms with Crippen LogP contribution < -0.4 is 14.8 Å². The Morgan fingerprint density at radius 2 is 2.05 bits per heavy atom. The Labute approximate surface area is 130 Å². The van der Waals surface area contributed by atoms with Crippen molar-refractivity contribution in [2.24, 2.45) is 0 Å². The molecule has 0 spiro atoms. The Morgan fingerprint density at radius 3 is 2.70 bits per heavy atom. The van der Waals surface area contributed by atoms with Gasteiger partial charge in [0.1, 0.15) is 16.0 Å². The molecule has 1 saturated carbocycles. The van der Waals surface area contributed by atoms with Gasteiger partial charge in [-0.2, -0.15) is 0 Å². The largest absolute Gasteiger partial charge is 0.495 e. The fourth-order valence-electron chi connectivity index (χ4n) is 3.19. The molecule has 0 radical (unpaired) electrons. The van der Waals surface area contributed by atoms with Crippen LogP contribution >= 0.6 is 15.9 Å². The van der Waals surface area contributed by atoms with E-state index in [1.807, 2.05) is 6.07 Å². The van der Waals surface area contributed by atoms with Crippen molar-refractivity contribution in [3.8, 4) is 11.5 Å². The van der Waals surface area contributed by atoms with Crippen LogP contribution in [0, 0.1) is 0 Å². The molecule has 0 aromatic heterocycles. The van der Waals surface area contributed by atoms with Crippen molar-refractivity contribution in [1.82, 2.24) is 5.32 Å². The third-order valence-electron chi connectivity index (χ3n) is 4.12. The molecule has 2 unspecified atom stereocenters. The fraction of sp³-hybridized carbons (Fsp3) is 0.625. The second-order valence-corrected chi connectivity index (χ2v) is 6.12. The molecule has 1 aliphatic carbocycles. The lowest BCUT2D eigenvalue weighted by atomic mass is 9.81. The summed E-state index contributed by atoms with van der Waals surface area (Å²) < 4.78 is 11.9. The summed E-state index contributed by atoms with van der Waals surface area (Å²) in [5, 5.41) is 3.58. The van der Waals surface area contributed by atoms with Crippen molar-refractivity contribution in [3.63, 3.8) is 0 Å². The summed E-state index contributed by atoms with van der Waals surface area (Å²) in [6.45, 7) is 3.22. The predicted octanol–water partition coefficient (Wildman–Crippen LogP) is 4.10. The van der Waals surface area contributed by atoms with E-state index in [2.05, 4.69) is 34.2 Å². The molecule has 20 heavy (non-hydrogen) atoms. The smallest absolute Gasteiger partial charge is 0.140 e. The fourth-order valence-corrected chi connectivity index (χ4v) is 3.87. The molecule has 1 aliphatic rings. The first-order chi connectivity index (χ1) is 9.71. The zero-order valence-corrected chi connectivity index (χ0v) is 14.1. The van der Waals surface area contributed by atoms with E-state index in [4.69, 9.17) is 9.47 Å². The normalized spacial score (nSPS) is 22.6. The SMILES string of the molecule is CCNC1CCCC(c2ccc(OC)c(Br)c2OC)C1. The van der Waals surface area contributed by atoms with Crippen LogP contribution in [0.1, 0.15) is 44.1 Å². The van der Waals surface area contributed by atoms with Crippen LogP contribution in [0.15, 0.2) is 16.6 Å². The van der Waals surface area contributed by atoms with E-state index in [9.17, 15) is 0 Å². The number of rotatable bonds is 5. The summed E-state index contributed by atoms with van der Waals surface area (Å²) in [6.07, 6.45) is 4.97. The lowest BCUT2D eigenvalue weighted by molar-refractivity contribution is 0.331. The van der Waals surface area contributed by atoms with Crippen LogP contribution in [0.25, 0.3) is 0 Å². The molecule has 1 aromatic rings. The maximum absolute atomic E-state index is 5.62. The molecular formula is C16H24BrNO2. The zero-order chi connectivity index (χ0) is 14.5. The van der Waals surface area contributed by atoms with Gasteiger partial charge in [0.15, 0.2) is 0 Å². The number of hydrogen-bond donors (Lipinski definition) is 1. The number of halogens is 1. The van der Waals surface area contributed by atoms with Gasteiger partial charge in [0.25, 0.3) is 0 Å². The summed E-state index contributed by atoms with van der Waals surface area (Å²) in [5.74, 6) is 2.31. The zero-order valence-electron chi connectivity index (χ0n) is 12.5. The molecule has 1 N–H and O–H groups in total. The second-order valence-electron chi connectivity index (χ2n) is 5.32. The van der Waals surface area contributed by atoms with Crippen molar-refractivity contribution in [3.05, 3.63) is 22.2 Å². The van der Waals surface area contributed by atoms with Gasteiger partial charge < -0.3 is 14.8 Å². The van der Waals surface area contributed by atoms with E-state index in [0.717, 1.165) is 22.5 Å². The molecule has 0 heterocycles. The van der Waals surface area contributed by atoms with Crippen molar-refractivity contribution in [2.75, 3.05) is 20.8 Å². The van der Waals surface area contributed by atoms with Crippen LogP contribution in [-0.4, -0.2) is 26.8 Å². The van der Waals surface area contributed by atoms with Crippen molar-refractivity contribution in [2.45, 2.75) is 44.6 Å². The highest BCUT2D eigenvalue weighted by atomic mass is 79.9. The van der Waals surface area contributed by atoms with E-state index in [1.54, 1.807) is 14.2 Å². The van der Waals surface area contributed by atoms with Gasteiger partial charge in [-0.3, -0.25) is 0 Å². The third kappa shape index (κ3) is 3.29. The average Bonchev–Trinajstić information content (AvgIpc) is 2.47. The van der Waals surface area contributed by atoms with Gasteiger partial charge in [0, 0.05) is 6.04 Å². The molecule has 0 amide bonds. The lowest BCUT2D eigenvalue weighted by Gasteiger charge is -2.31. The standard InChI is InChI=1S/C16H24BrNO2/c1-4-18-12-7-5-6-11(10-12)13-8-9-14(19-2)15(17)16(13)20-3/h8-9,11-12,18H,4-7,10H2,1-3H3. The Kier molecular flexibility index (Phi) is 5.73. The number of methoxy groups -OCH3 is 2. The second kappa shape index (κ2) is 7.32.